The van der Waals surface area contributed by atoms with Crippen molar-refractivity contribution in [2.24, 2.45) is 0 Å². The van der Waals surface area contributed by atoms with E-state index in [0.29, 0.717) is 11.1 Å². The second kappa shape index (κ2) is 4.51. The molecular weight excluding hydrogens is 268 g/mol. The van der Waals surface area contributed by atoms with Crippen LogP contribution >= 0.6 is 22.9 Å². The van der Waals surface area contributed by atoms with Crippen molar-refractivity contribution in [2.45, 2.75) is 6.92 Å². The number of hydrogen-bond donors (Lipinski definition) is 1. The number of rotatable bonds is 2. The molecule has 4 nitrogen and oxygen atoms in total. The van der Waals surface area contributed by atoms with Crippen LogP contribution in [0.25, 0.3) is 10.2 Å². The molecule has 0 aliphatic rings. The third-order valence-corrected chi connectivity index (χ3v) is 3.48. The normalized spacial score (nSPS) is 10.8. The maximum absolute atomic E-state index is 5.89. The topological polar surface area (TPSA) is 50.7 Å². The third kappa shape index (κ3) is 2.27. The largest absolute Gasteiger partial charge is 0.300 e. The highest BCUT2D eigenvalue weighted by molar-refractivity contribution is 7.22. The Morgan fingerprint density at radius 3 is 2.78 bits per heavy atom. The van der Waals surface area contributed by atoms with Gasteiger partial charge in [0.25, 0.3) is 0 Å². The molecule has 3 rings (SSSR count). The number of benzene rings is 1. The summed E-state index contributed by atoms with van der Waals surface area (Å²) in [5, 5.41) is 4.26. The fraction of sp³-hybridized carbons (Fsp3) is 0.0833. The van der Waals surface area contributed by atoms with Gasteiger partial charge in [0.05, 0.1) is 10.2 Å². The molecule has 0 bridgehead atoms. The first kappa shape index (κ1) is 11.4. The van der Waals surface area contributed by atoms with Gasteiger partial charge >= 0.3 is 0 Å². The molecule has 0 aliphatic heterocycles. The average molecular weight is 277 g/mol. The molecule has 0 amide bonds. The second-order valence-corrected chi connectivity index (χ2v) is 5.19. The molecule has 0 atom stereocenters. The number of para-hydroxylation sites is 1. The van der Waals surface area contributed by atoms with E-state index in [1.165, 1.54) is 0 Å². The lowest BCUT2D eigenvalue weighted by molar-refractivity contribution is 1.10. The summed E-state index contributed by atoms with van der Waals surface area (Å²) in [6, 6.07) is 9.67. The highest BCUT2D eigenvalue weighted by Gasteiger charge is 2.06. The molecule has 6 heteroatoms. The van der Waals surface area contributed by atoms with E-state index >= 15 is 0 Å². The molecule has 0 spiro atoms. The molecule has 90 valence electrons. The van der Waals surface area contributed by atoms with E-state index in [9.17, 15) is 0 Å². The number of thiazole rings is 1. The summed E-state index contributed by atoms with van der Waals surface area (Å²) in [6.07, 6.45) is 0. The first-order valence-corrected chi connectivity index (χ1v) is 6.54. The van der Waals surface area contributed by atoms with Gasteiger partial charge < -0.3 is 0 Å². The Bertz CT molecular complexity index is 657. The summed E-state index contributed by atoms with van der Waals surface area (Å²) in [4.78, 5) is 12.8. The van der Waals surface area contributed by atoms with Gasteiger partial charge in [0, 0.05) is 5.69 Å². The maximum atomic E-state index is 5.89. The molecule has 0 fully saturated rings. The van der Waals surface area contributed by atoms with Gasteiger partial charge in [-0.3, -0.25) is 5.32 Å². The van der Waals surface area contributed by atoms with Crippen LogP contribution in [0.1, 0.15) is 5.69 Å². The van der Waals surface area contributed by atoms with Crippen LogP contribution in [-0.2, 0) is 0 Å². The predicted molar refractivity (Wildman–Crippen MR) is 74.7 cm³/mol. The highest BCUT2D eigenvalue weighted by Crippen LogP contribution is 2.27. The van der Waals surface area contributed by atoms with Crippen LogP contribution in [0.15, 0.2) is 30.3 Å². The minimum absolute atomic E-state index is 0.422. The lowest BCUT2D eigenvalue weighted by Gasteiger charge is -2.01. The Kier molecular flexibility index (Phi) is 2.85. The number of nitrogens with zero attached hydrogens (tertiary/aromatic N) is 3. The van der Waals surface area contributed by atoms with Gasteiger partial charge in [-0.2, -0.15) is 0 Å². The summed E-state index contributed by atoms with van der Waals surface area (Å²) in [7, 11) is 0. The Morgan fingerprint density at radius 2 is 2.00 bits per heavy atom. The number of fused-ring (bicyclic) bond motifs is 1. The summed E-state index contributed by atoms with van der Waals surface area (Å²) >= 11 is 7.45. The Labute approximate surface area is 113 Å². The van der Waals surface area contributed by atoms with Crippen LogP contribution < -0.4 is 5.32 Å². The number of nitrogens with one attached hydrogen (secondary N) is 1. The van der Waals surface area contributed by atoms with Crippen molar-refractivity contribution in [2.75, 3.05) is 5.32 Å². The zero-order valence-corrected chi connectivity index (χ0v) is 11.1. The minimum atomic E-state index is 0.422. The average Bonchev–Trinajstić information content (AvgIpc) is 2.69. The smallest absolute Gasteiger partial charge is 0.230 e. The standard InChI is InChI=1S/C12H9ClN4S/c1-7-6-10(13)16-11(14-7)17-12-15-8-4-2-3-5-9(8)18-12/h2-6H,1H3,(H,14,15,16,17). The van der Waals surface area contributed by atoms with Gasteiger partial charge in [-0.15, -0.1) is 0 Å². The summed E-state index contributed by atoms with van der Waals surface area (Å²) in [5.41, 5.74) is 1.78. The Hall–Kier alpha value is -1.72. The first-order chi connectivity index (χ1) is 8.70. The minimum Gasteiger partial charge on any atom is -0.300 e. The van der Waals surface area contributed by atoms with Crippen molar-refractivity contribution in [3.05, 3.63) is 41.2 Å². The molecule has 1 N–H and O–H groups in total. The van der Waals surface area contributed by atoms with Crippen molar-refractivity contribution >= 4 is 44.2 Å². The summed E-state index contributed by atoms with van der Waals surface area (Å²) in [6.45, 7) is 1.87. The summed E-state index contributed by atoms with van der Waals surface area (Å²) in [5.74, 6) is 0.471. The van der Waals surface area contributed by atoms with Crippen LogP contribution in [0.2, 0.25) is 5.15 Å². The lowest BCUT2D eigenvalue weighted by atomic mass is 10.3. The summed E-state index contributed by atoms with van der Waals surface area (Å²) < 4.78 is 1.12. The van der Waals surface area contributed by atoms with Crippen LogP contribution in [0, 0.1) is 6.92 Å². The molecule has 3 aromatic rings. The second-order valence-electron chi connectivity index (χ2n) is 3.77. The quantitative estimate of drug-likeness (QED) is 0.724. The van der Waals surface area contributed by atoms with Crippen molar-refractivity contribution in [1.82, 2.24) is 15.0 Å². The molecule has 2 aromatic heterocycles. The van der Waals surface area contributed by atoms with Crippen molar-refractivity contribution in [1.29, 1.82) is 0 Å². The van der Waals surface area contributed by atoms with Gasteiger partial charge in [0.15, 0.2) is 5.13 Å². The molecule has 18 heavy (non-hydrogen) atoms. The molecule has 0 radical (unpaired) electrons. The van der Waals surface area contributed by atoms with Crippen molar-refractivity contribution in [3.8, 4) is 0 Å². The molecule has 0 aliphatic carbocycles. The first-order valence-electron chi connectivity index (χ1n) is 5.34. The van der Waals surface area contributed by atoms with E-state index < -0.39 is 0 Å². The maximum Gasteiger partial charge on any atom is 0.230 e. The predicted octanol–water partition coefficient (Wildman–Crippen LogP) is 3.79. The fourth-order valence-electron chi connectivity index (χ4n) is 1.61. The van der Waals surface area contributed by atoms with Crippen LogP contribution in [-0.4, -0.2) is 15.0 Å². The van der Waals surface area contributed by atoms with Crippen molar-refractivity contribution in [3.63, 3.8) is 0 Å². The van der Waals surface area contributed by atoms with E-state index in [0.717, 1.165) is 21.0 Å². The fourth-order valence-corrected chi connectivity index (χ4v) is 2.70. The monoisotopic (exact) mass is 276 g/mol. The van der Waals surface area contributed by atoms with E-state index in [4.69, 9.17) is 11.6 Å². The van der Waals surface area contributed by atoms with Crippen LogP contribution in [0.5, 0.6) is 0 Å². The highest BCUT2D eigenvalue weighted by atomic mass is 35.5. The lowest BCUT2D eigenvalue weighted by Crippen LogP contribution is -1.97. The van der Waals surface area contributed by atoms with Crippen molar-refractivity contribution < 1.29 is 0 Å². The molecular formula is C12H9ClN4S. The Balaban J connectivity index is 1.96. The van der Waals surface area contributed by atoms with Gasteiger partial charge in [-0.1, -0.05) is 35.1 Å². The van der Waals surface area contributed by atoms with Gasteiger partial charge in [0.2, 0.25) is 5.95 Å². The van der Waals surface area contributed by atoms with E-state index in [-0.39, 0.29) is 0 Å². The zero-order valence-electron chi connectivity index (χ0n) is 9.51. The van der Waals surface area contributed by atoms with Gasteiger partial charge in [-0.25, -0.2) is 15.0 Å². The zero-order chi connectivity index (χ0) is 12.5. The molecule has 0 saturated carbocycles. The number of hydrogen-bond acceptors (Lipinski definition) is 5. The number of aryl methyl sites for hydroxylation is 1. The van der Waals surface area contributed by atoms with E-state index in [1.54, 1.807) is 17.4 Å². The third-order valence-electron chi connectivity index (χ3n) is 2.34. The SMILES string of the molecule is Cc1cc(Cl)nc(Nc2nc3ccccc3s2)n1. The van der Waals surface area contributed by atoms with Gasteiger partial charge in [0.1, 0.15) is 5.15 Å². The molecule has 2 heterocycles. The van der Waals surface area contributed by atoms with E-state index in [1.807, 2.05) is 31.2 Å². The number of halogens is 1. The number of aromatic nitrogens is 3. The molecule has 1 aromatic carbocycles. The van der Waals surface area contributed by atoms with Gasteiger partial charge in [-0.05, 0) is 25.1 Å². The van der Waals surface area contributed by atoms with Crippen LogP contribution in [0.4, 0.5) is 11.1 Å². The van der Waals surface area contributed by atoms with Crippen LogP contribution in [0.3, 0.4) is 0 Å². The van der Waals surface area contributed by atoms with E-state index in [2.05, 4.69) is 20.3 Å². The molecule has 0 unspecified atom stereocenters. The Morgan fingerprint density at radius 1 is 1.17 bits per heavy atom. The number of anilines is 2. The molecule has 0 saturated heterocycles.